The Kier molecular flexibility index (Phi) is 2.88. The molecular weight excluding hydrogens is 264 g/mol. The lowest BCUT2D eigenvalue weighted by molar-refractivity contribution is 0.0689. The molecule has 0 aliphatic carbocycles. The second-order valence-electron chi connectivity index (χ2n) is 4.04. The van der Waals surface area contributed by atoms with E-state index < -0.39 is 12.1 Å². The fourth-order valence-corrected chi connectivity index (χ4v) is 1.99. The Bertz CT molecular complexity index is 751. The van der Waals surface area contributed by atoms with Crippen LogP contribution in [0.4, 0.5) is 0 Å². The molecule has 0 saturated carbocycles. The van der Waals surface area contributed by atoms with E-state index in [4.69, 9.17) is 9.84 Å². The molecular formula is C11H10N6O3. The van der Waals surface area contributed by atoms with Crippen molar-refractivity contribution in [1.82, 2.24) is 30.0 Å². The third-order valence-electron chi connectivity index (χ3n) is 2.90. The molecule has 0 bridgehead atoms. The van der Waals surface area contributed by atoms with Crippen molar-refractivity contribution in [3.63, 3.8) is 0 Å². The number of carboxylic acid groups (broad SMARTS) is 1. The van der Waals surface area contributed by atoms with E-state index in [0.29, 0.717) is 17.0 Å². The van der Waals surface area contributed by atoms with Gasteiger partial charge in [-0.15, -0.1) is 5.10 Å². The number of fused-ring (bicyclic) bond motifs is 1. The van der Waals surface area contributed by atoms with Gasteiger partial charge in [0.1, 0.15) is 11.8 Å². The van der Waals surface area contributed by atoms with Crippen molar-refractivity contribution >= 4 is 11.6 Å². The third kappa shape index (κ3) is 1.89. The molecule has 20 heavy (non-hydrogen) atoms. The Labute approximate surface area is 112 Å². The van der Waals surface area contributed by atoms with E-state index in [1.54, 1.807) is 18.3 Å². The molecule has 0 fully saturated rings. The molecule has 1 atom stereocenters. The number of rotatable bonds is 4. The lowest BCUT2D eigenvalue weighted by Crippen LogP contribution is -2.08. The number of carboxylic acids is 1. The van der Waals surface area contributed by atoms with Crippen LogP contribution in [-0.2, 0) is 4.74 Å². The van der Waals surface area contributed by atoms with Crippen molar-refractivity contribution in [2.24, 2.45) is 0 Å². The zero-order valence-electron chi connectivity index (χ0n) is 10.4. The smallest absolute Gasteiger partial charge is 0.354 e. The number of hydrogen-bond acceptors (Lipinski definition) is 6. The highest BCUT2D eigenvalue weighted by atomic mass is 16.5. The van der Waals surface area contributed by atoms with Gasteiger partial charge in [-0.1, -0.05) is 6.07 Å². The van der Waals surface area contributed by atoms with Crippen LogP contribution in [-0.4, -0.2) is 48.2 Å². The van der Waals surface area contributed by atoms with Gasteiger partial charge < -0.3 is 9.84 Å². The minimum atomic E-state index is -1.05. The molecule has 3 aromatic rings. The molecule has 3 heterocycles. The highest BCUT2D eigenvalue weighted by Gasteiger charge is 2.19. The number of aromatic carboxylic acids is 1. The number of nitrogens with one attached hydrogen (secondary N) is 1. The van der Waals surface area contributed by atoms with Crippen LogP contribution in [0.15, 0.2) is 24.5 Å². The van der Waals surface area contributed by atoms with Crippen molar-refractivity contribution in [1.29, 1.82) is 0 Å². The molecule has 0 amide bonds. The van der Waals surface area contributed by atoms with Gasteiger partial charge in [0.2, 0.25) is 0 Å². The Morgan fingerprint density at radius 3 is 3.00 bits per heavy atom. The molecule has 0 aliphatic heterocycles. The Balaban J connectivity index is 2.11. The molecule has 0 radical (unpaired) electrons. The Hall–Kier alpha value is -2.81. The van der Waals surface area contributed by atoms with Crippen LogP contribution in [0.5, 0.6) is 0 Å². The molecule has 0 aliphatic rings. The fraction of sp³-hybridized carbons (Fsp3) is 0.182. The molecule has 0 spiro atoms. The highest BCUT2D eigenvalue weighted by molar-refractivity contribution is 5.86. The molecule has 9 heteroatoms. The van der Waals surface area contributed by atoms with Crippen molar-refractivity contribution in [2.45, 2.75) is 6.10 Å². The van der Waals surface area contributed by atoms with Crippen molar-refractivity contribution in [3.8, 4) is 0 Å². The highest BCUT2D eigenvalue weighted by Crippen LogP contribution is 2.22. The lowest BCUT2D eigenvalue weighted by Gasteiger charge is -2.12. The van der Waals surface area contributed by atoms with Crippen LogP contribution in [0.25, 0.3) is 5.65 Å². The maximum absolute atomic E-state index is 11.1. The van der Waals surface area contributed by atoms with Crippen molar-refractivity contribution in [3.05, 3.63) is 41.6 Å². The first kappa shape index (κ1) is 12.2. The van der Waals surface area contributed by atoms with E-state index in [-0.39, 0.29) is 5.69 Å². The largest absolute Gasteiger partial charge is 0.477 e. The van der Waals surface area contributed by atoms with E-state index in [1.165, 1.54) is 17.7 Å². The maximum Gasteiger partial charge on any atom is 0.354 e. The molecule has 102 valence electrons. The number of tetrazole rings is 1. The molecule has 1 unspecified atom stereocenters. The van der Waals surface area contributed by atoms with Gasteiger partial charge in [-0.25, -0.2) is 14.9 Å². The van der Waals surface area contributed by atoms with Gasteiger partial charge in [0.05, 0.1) is 6.20 Å². The standard InChI is InChI=1S/C11H10N6O3/c1-20-9(10-13-15-16-14-10)6-2-3-8-12-4-7(11(18)19)17(8)5-6/h2-5,9H,1H3,(H,18,19)(H,13,14,15,16). The van der Waals surface area contributed by atoms with Gasteiger partial charge in [0.15, 0.2) is 11.5 Å². The van der Waals surface area contributed by atoms with Gasteiger partial charge >= 0.3 is 5.97 Å². The van der Waals surface area contributed by atoms with Gasteiger partial charge in [-0.2, -0.15) is 0 Å². The first-order valence-electron chi connectivity index (χ1n) is 5.67. The summed E-state index contributed by atoms with van der Waals surface area (Å²) in [5.74, 6) is -0.617. The summed E-state index contributed by atoms with van der Waals surface area (Å²) in [6.45, 7) is 0. The average Bonchev–Trinajstić information content (AvgIpc) is 3.07. The number of H-pyrrole nitrogens is 1. The van der Waals surface area contributed by atoms with Gasteiger partial charge in [0, 0.05) is 18.9 Å². The predicted molar refractivity (Wildman–Crippen MR) is 65.2 cm³/mol. The van der Waals surface area contributed by atoms with E-state index in [2.05, 4.69) is 25.6 Å². The second-order valence-corrected chi connectivity index (χ2v) is 4.04. The number of aromatic nitrogens is 6. The number of nitrogens with zero attached hydrogens (tertiary/aromatic N) is 5. The molecule has 9 nitrogen and oxygen atoms in total. The number of hydrogen-bond donors (Lipinski definition) is 2. The Morgan fingerprint density at radius 1 is 1.50 bits per heavy atom. The van der Waals surface area contributed by atoms with E-state index in [1.807, 2.05) is 0 Å². The number of methoxy groups -OCH3 is 1. The number of aromatic amines is 1. The number of carbonyl (C=O) groups is 1. The lowest BCUT2D eigenvalue weighted by atomic mass is 10.1. The zero-order chi connectivity index (χ0) is 14.1. The van der Waals surface area contributed by atoms with Crippen LogP contribution < -0.4 is 0 Å². The number of ether oxygens (including phenoxy) is 1. The first-order valence-corrected chi connectivity index (χ1v) is 5.67. The van der Waals surface area contributed by atoms with Crippen LogP contribution in [0.1, 0.15) is 28.0 Å². The predicted octanol–water partition coefficient (Wildman–Crippen LogP) is 0.281. The molecule has 3 rings (SSSR count). The van der Waals surface area contributed by atoms with Gasteiger partial charge in [0.25, 0.3) is 0 Å². The van der Waals surface area contributed by atoms with E-state index >= 15 is 0 Å². The first-order chi connectivity index (χ1) is 9.70. The normalized spacial score (nSPS) is 12.7. The van der Waals surface area contributed by atoms with E-state index in [0.717, 1.165) is 0 Å². The molecule has 3 aromatic heterocycles. The summed E-state index contributed by atoms with van der Waals surface area (Å²) in [7, 11) is 1.52. The molecule has 0 aromatic carbocycles. The monoisotopic (exact) mass is 274 g/mol. The summed E-state index contributed by atoms with van der Waals surface area (Å²) in [6.07, 6.45) is 2.43. The van der Waals surface area contributed by atoms with Crippen LogP contribution in [0.3, 0.4) is 0 Å². The summed E-state index contributed by atoms with van der Waals surface area (Å²) >= 11 is 0. The maximum atomic E-state index is 11.1. The number of imidazole rings is 1. The van der Waals surface area contributed by atoms with Crippen LogP contribution >= 0.6 is 0 Å². The fourth-order valence-electron chi connectivity index (χ4n) is 1.99. The van der Waals surface area contributed by atoms with Crippen molar-refractivity contribution < 1.29 is 14.6 Å². The number of pyridine rings is 1. The Morgan fingerprint density at radius 2 is 2.35 bits per heavy atom. The summed E-state index contributed by atoms with van der Waals surface area (Å²) < 4.78 is 6.83. The average molecular weight is 274 g/mol. The van der Waals surface area contributed by atoms with Gasteiger partial charge in [-0.3, -0.25) is 4.40 Å². The van der Waals surface area contributed by atoms with Crippen LogP contribution in [0.2, 0.25) is 0 Å². The summed E-state index contributed by atoms with van der Waals surface area (Å²) in [5.41, 5.74) is 1.32. The van der Waals surface area contributed by atoms with Crippen LogP contribution in [0, 0.1) is 0 Å². The minimum absolute atomic E-state index is 0.0763. The second kappa shape index (κ2) is 4.70. The quantitative estimate of drug-likeness (QED) is 0.701. The zero-order valence-corrected chi connectivity index (χ0v) is 10.4. The summed E-state index contributed by atoms with van der Waals surface area (Å²) in [5, 5.41) is 22.5. The molecule has 0 saturated heterocycles. The third-order valence-corrected chi connectivity index (χ3v) is 2.90. The summed E-state index contributed by atoms with van der Waals surface area (Å²) in [6, 6.07) is 3.49. The summed E-state index contributed by atoms with van der Waals surface area (Å²) in [4.78, 5) is 15.1. The molecule has 2 N–H and O–H groups in total. The van der Waals surface area contributed by atoms with Gasteiger partial charge in [-0.05, 0) is 16.5 Å². The topological polar surface area (TPSA) is 118 Å². The SMILES string of the molecule is COC(c1ccc2ncc(C(=O)O)n2c1)c1nnn[nH]1. The van der Waals surface area contributed by atoms with E-state index in [9.17, 15) is 4.79 Å². The minimum Gasteiger partial charge on any atom is -0.477 e. The van der Waals surface area contributed by atoms with Crippen molar-refractivity contribution in [2.75, 3.05) is 7.11 Å².